The summed E-state index contributed by atoms with van der Waals surface area (Å²) in [4.78, 5) is 0. The van der Waals surface area contributed by atoms with Crippen molar-refractivity contribution >= 4 is 0 Å². The van der Waals surface area contributed by atoms with Crippen LogP contribution in [-0.4, -0.2) is 13.1 Å². The van der Waals surface area contributed by atoms with Crippen LogP contribution in [-0.2, 0) is 0 Å². The maximum absolute atomic E-state index is 2.31. The summed E-state index contributed by atoms with van der Waals surface area (Å²) in [6.07, 6.45) is 0. The normalized spacial score (nSPS) is 49.3. The Kier molecular flexibility index (Phi) is 1.08. The SMILES string of the molecule is C[NH2+]C1C(C)C1C. The quantitative estimate of drug-likeness (QED) is 0.471. The molecule has 1 nitrogen and oxygen atoms in total. The van der Waals surface area contributed by atoms with Crippen LogP contribution in [0.15, 0.2) is 0 Å². The number of hydrogen-bond donors (Lipinski definition) is 1. The topological polar surface area (TPSA) is 16.6 Å². The van der Waals surface area contributed by atoms with E-state index in [-0.39, 0.29) is 0 Å². The van der Waals surface area contributed by atoms with Gasteiger partial charge in [-0.2, -0.15) is 0 Å². The Hall–Kier alpha value is -0.0400. The molecule has 0 saturated heterocycles. The van der Waals surface area contributed by atoms with Gasteiger partial charge in [0.15, 0.2) is 0 Å². The Morgan fingerprint density at radius 2 is 1.57 bits per heavy atom. The largest absolute Gasteiger partial charge is 0.346 e. The van der Waals surface area contributed by atoms with Crippen LogP contribution in [0.4, 0.5) is 0 Å². The van der Waals surface area contributed by atoms with Crippen molar-refractivity contribution in [1.29, 1.82) is 0 Å². The van der Waals surface area contributed by atoms with E-state index in [1.54, 1.807) is 0 Å². The molecular formula is C6H14N+. The molecule has 1 saturated carbocycles. The lowest BCUT2D eigenvalue weighted by Gasteiger charge is -1.83. The van der Waals surface area contributed by atoms with Crippen molar-refractivity contribution < 1.29 is 5.32 Å². The van der Waals surface area contributed by atoms with Gasteiger partial charge >= 0.3 is 0 Å². The monoisotopic (exact) mass is 100 g/mol. The number of quaternary nitrogens is 1. The van der Waals surface area contributed by atoms with E-state index >= 15 is 0 Å². The van der Waals surface area contributed by atoms with Gasteiger partial charge in [0.25, 0.3) is 0 Å². The second kappa shape index (κ2) is 1.48. The molecule has 1 fully saturated rings. The van der Waals surface area contributed by atoms with Crippen molar-refractivity contribution in [2.75, 3.05) is 7.05 Å². The van der Waals surface area contributed by atoms with E-state index in [9.17, 15) is 0 Å². The van der Waals surface area contributed by atoms with E-state index in [1.165, 1.54) is 0 Å². The summed E-state index contributed by atoms with van der Waals surface area (Å²) in [5.74, 6) is 1.95. The molecule has 0 aromatic heterocycles. The lowest BCUT2D eigenvalue weighted by molar-refractivity contribution is -0.645. The fourth-order valence-electron chi connectivity index (χ4n) is 1.31. The summed E-state index contributed by atoms with van der Waals surface area (Å²) in [5, 5.41) is 2.31. The first-order valence-electron chi connectivity index (χ1n) is 3.07. The van der Waals surface area contributed by atoms with E-state index in [1.807, 2.05) is 0 Å². The first-order chi connectivity index (χ1) is 3.27. The predicted molar refractivity (Wildman–Crippen MR) is 30.0 cm³/mol. The molecule has 0 aliphatic heterocycles. The molecule has 0 bridgehead atoms. The van der Waals surface area contributed by atoms with Crippen molar-refractivity contribution in [3.63, 3.8) is 0 Å². The molecule has 0 aromatic carbocycles. The predicted octanol–water partition coefficient (Wildman–Crippen LogP) is -0.166. The maximum atomic E-state index is 2.31. The molecule has 1 aliphatic carbocycles. The second-order valence-electron chi connectivity index (χ2n) is 2.63. The summed E-state index contributed by atoms with van der Waals surface area (Å²) in [6, 6.07) is 0.944. The number of hydrogen-bond acceptors (Lipinski definition) is 0. The summed E-state index contributed by atoms with van der Waals surface area (Å²) in [6.45, 7) is 4.63. The third-order valence-electron chi connectivity index (χ3n) is 2.29. The minimum Gasteiger partial charge on any atom is -0.346 e. The smallest absolute Gasteiger partial charge is 0.0918 e. The van der Waals surface area contributed by atoms with Gasteiger partial charge < -0.3 is 5.32 Å². The molecule has 42 valence electrons. The summed E-state index contributed by atoms with van der Waals surface area (Å²) < 4.78 is 0. The van der Waals surface area contributed by atoms with Gasteiger partial charge in [0.05, 0.1) is 13.1 Å². The molecular weight excluding hydrogens is 86.1 g/mol. The Labute approximate surface area is 45.1 Å². The van der Waals surface area contributed by atoms with Gasteiger partial charge in [-0.3, -0.25) is 0 Å². The molecule has 2 N–H and O–H groups in total. The van der Waals surface area contributed by atoms with Crippen LogP contribution in [0, 0.1) is 11.8 Å². The zero-order valence-electron chi connectivity index (χ0n) is 5.31. The fourth-order valence-corrected chi connectivity index (χ4v) is 1.31. The lowest BCUT2D eigenvalue weighted by atomic mass is 10.4. The second-order valence-corrected chi connectivity index (χ2v) is 2.63. The van der Waals surface area contributed by atoms with Gasteiger partial charge in [-0.15, -0.1) is 0 Å². The molecule has 0 aromatic rings. The van der Waals surface area contributed by atoms with Gasteiger partial charge in [-0.05, 0) is 0 Å². The van der Waals surface area contributed by atoms with Crippen molar-refractivity contribution in [2.45, 2.75) is 19.9 Å². The molecule has 0 spiro atoms. The van der Waals surface area contributed by atoms with Gasteiger partial charge in [0.2, 0.25) is 0 Å². The van der Waals surface area contributed by atoms with Crippen LogP contribution in [0.2, 0.25) is 0 Å². The first kappa shape index (κ1) is 5.10. The number of nitrogens with two attached hydrogens (primary N) is 1. The van der Waals surface area contributed by atoms with Crippen molar-refractivity contribution in [1.82, 2.24) is 0 Å². The Bertz CT molecular complexity index is 62.6. The standard InChI is InChI=1S/C6H13N/c1-4-5(2)6(4)7-3/h4-7H,1-3H3/p+1. The van der Waals surface area contributed by atoms with Gasteiger partial charge in [0.1, 0.15) is 0 Å². The average Bonchev–Trinajstić information content (AvgIpc) is 2.17. The first-order valence-corrected chi connectivity index (χ1v) is 3.07. The van der Waals surface area contributed by atoms with E-state index < -0.39 is 0 Å². The highest BCUT2D eigenvalue weighted by molar-refractivity contribution is 4.89. The van der Waals surface area contributed by atoms with Crippen LogP contribution >= 0.6 is 0 Å². The zero-order chi connectivity index (χ0) is 5.44. The van der Waals surface area contributed by atoms with Crippen molar-refractivity contribution in [3.8, 4) is 0 Å². The van der Waals surface area contributed by atoms with E-state index in [2.05, 4.69) is 26.2 Å². The zero-order valence-corrected chi connectivity index (χ0v) is 5.31. The van der Waals surface area contributed by atoms with Crippen molar-refractivity contribution in [3.05, 3.63) is 0 Å². The Morgan fingerprint density at radius 3 is 1.57 bits per heavy atom. The highest BCUT2D eigenvalue weighted by atomic mass is 14.9. The third-order valence-corrected chi connectivity index (χ3v) is 2.29. The van der Waals surface area contributed by atoms with Gasteiger partial charge in [-0.25, -0.2) is 0 Å². The van der Waals surface area contributed by atoms with E-state index in [0.29, 0.717) is 0 Å². The van der Waals surface area contributed by atoms with E-state index in [0.717, 1.165) is 17.9 Å². The van der Waals surface area contributed by atoms with E-state index in [4.69, 9.17) is 0 Å². The molecule has 0 radical (unpaired) electrons. The maximum Gasteiger partial charge on any atom is 0.0918 e. The summed E-state index contributed by atoms with van der Waals surface area (Å²) in [7, 11) is 2.16. The highest BCUT2D eigenvalue weighted by Gasteiger charge is 2.45. The third kappa shape index (κ3) is 0.653. The van der Waals surface area contributed by atoms with Crippen LogP contribution < -0.4 is 5.32 Å². The number of rotatable bonds is 1. The molecule has 0 amide bonds. The molecule has 1 rings (SSSR count). The van der Waals surface area contributed by atoms with Gasteiger partial charge in [-0.1, -0.05) is 13.8 Å². The molecule has 1 aliphatic rings. The molecule has 2 unspecified atom stereocenters. The van der Waals surface area contributed by atoms with Crippen LogP contribution in [0.5, 0.6) is 0 Å². The highest BCUT2D eigenvalue weighted by Crippen LogP contribution is 2.34. The molecule has 0 heterocycles. The van der Waals surface area contributed by atoms with Crippen LogP contribution in [0.1, 0.15) is 13.8 Å². The average molecular weight is 100 g/mol. The Balaban J connectivity index is 2.24. The summed E-state index contributed by atoms with van der Waals surface area (Å²) in [5.41, 5.74) is 0. The van der Waals surface area contributed by atoms with Crippen molar-refractivity contribution in [2.24, 2.45) is 11.8 Å². The van der Waals surface area contributed by atoms with Crippen LogP contribution in [0.3, 0.4) is 0 Å². The Morgan fingerprint density at radius 1 is 1.14 bits per heavy atom. The lowest BCUT2D eigenvalue weighted by Crippen LogP contribution is -2.82. The van der Waals surface area contributed by atoms with Gasteiger partial charge in [0, 0.05) is 11.8 Å². The molecule has 2 atom stereocenters. The molecule has 1 heteroatoms. The molecule has 7 heavy (non-hydrogen) atoms. The summed E-state index contributed by atoms with van der Waals surface area (Å²) >= 11 is 0. The minimum atomic E-state index is 0.944. The van der Waals surface area contributed by atoms with Crippen LogP contribution in [0.25, 0.3) is 0 Å². The minimum absolute atomic E-state index is 0.944. The fraction of sp³-hybridized carbons (Fsp3) is 1.00.